The topological polar surface area (TPSA) is 65.0 Å². The molecule has 0 aliphatic rings. The predicted molar refractivity (Wildman–Crippen MR) is 49.9 cm³/mol. The molecule has 0 aliphatic carbocycles. The third-order valence-corrected chi connectivity index (χ3v) is 2.12. The Morgan fingerprint density at radius 3 is 2.86 bits per heavy atom. The van der Waals surface area contributed by atoms with Crippen LogP contribution in [0.3, 0.4) is 0 Å². The van der Waals surface area contributed by atoms with Crippen LogP contribution < -0.4 is 9.47 Å². The molecule has 0 aliphatic heterocycles. The van der Waals surface area contributed by atoms with Crippen molar-refractivity contribution in [3.05, 3.63) is 12.1 Å². The third-order valence-electron chi connectivity index (χ3n) is 1.24. The van der Waals surface area contributed by atoms with Crippen LogP contribution in [0.1, 0.15) is 0 Å². The van der Waals surface area contributed by atoms with Gasteiger partial charge in [0.1, 0.15) is 6.61 Å². The lowest BCUT2D eigenvalue weighted by Gasteiger charge is -1.99. The maximum atomic E-state index is 10.7. The molecule has 1 aromatic heterocycles. The zero-order valence-corrected chi connectivity index (χ0v) is 8.37. The molecule has 0 fully saturated rings. The SMILES string of the molecule is COC(=O)Oc1ccc(OCCO)s1. The molecule has 14 heavy (non-hydrogen) atoms. The van der Waals surface area contributed by atoms with Gasteiger partial charge in [-0.3, -0.25) is 0 Å². The van der Waals surface area contributed by atoms with Gasteiger partial charge in [0.15, 0.2) is 10.1 Å². The third kappa shape index (κ3) is 3.23. The fraction of sp³-hybridized carbons (Fsp3) is 0.375. The van der Waals surface area contributed by atoms with Gasteiger partial charge < -0.3 is 19.3 Å². The molecule has 1 aromatic rings. The van der Waals surface area contributed by atoms with Crippen molar-refractivity contribution in [2.45, 2.75) is 0 Å². The summed E-state index contributed by atoms with van der Waals surface area (Å²) in [4.78, 5) is 10.7. The highest BCUT2D eigenvalue weighted by atomic mass is 32.1. The van der Waals surface area contributed by atoms with Crippen LogP contribution in [0.15, 0.2) is 12.1 Å². The molecule has 0 unspecified atom stereocenters. The molecule has 1 heterocycles. The zero-order valence-electron chi connectivity index (χ0n) is 7.56. The van der Waals surface area contributed by atoms with Gasteiger partial charge in [0.2, 0.25) is 0 Å². The van der Waals surface area contributed by atoms with E-state index in [1.165, 1.54) is 7.11 Å². The highest BCUT2D eigenvalue weighted by molar-refractivity contribution is 7.15. The second-order valence-corrected chi connectivity index (χ2v) is 3.21. The van der Waals surface area contributed by atoms with Gasteiger partial charge in [-0.1, -0.05) is 11.3 Å². The molecule has 0 amide bonds. The summed E-state index contributed by atoms with van der Waals surface area (Å²) in [7, 11) is 1.24. The van der Waals surface area contributed by atoms with E-state index >= 15 is 0 Å². The van der Waals surface area contributed by atoms with E-state index in [1.54, 1.807) is 12.1 Å². The van der Waals surface area contributed by atoms with E-state index in [2.05, 4.69) is 4.74 Å². The number of carbonyl (C=O) groups is 1. The van der Waals surface area contributed by atoms with Gasteiger partial charge >= 0.3 is 6.16 Å². The van der Waals surface area contributed by atoms with Crippen molar-refractivity contribution in [2.75, 3.05) is 20.3 Å². The molecule has 0 saturated heterocycles. The number of aliphatic hydroxyl groups is 1. The lowest BCUT2D eigenvalue weighted by molar-refractivity contribution is 0.123. The first kappa shape index (κ1) is 10.8. The molecule has 1 rings (SSSR count). The molecule has 0 spiro atoms. The Morgan fingerprint density at radius 1 is 1.50 bits per heavy atom. The first-order valence-electron chi connectivity index (χ1n) is 3.85. The second-order valence-electron chi connectivity index (χ2n) is 2.20. The van der Waals surface area contributed by atoms with Crippen LogP contribution in [0.4, 0.5) is 4.79 Å². The van der Waals surface area contributed by atoms with E-state index in [9.17, 15) is 4.79 Å². The van der Waals surface area contributed by atoms with Gasteiger partial charge in [0, 0.05) is 0 Å². The van der Waals surface area contributed by atoms with E-state index < -0.39 is 6.16 Å². The lowest BCUT2D eigenvalue weighted by Crippen LogP contribution is -2.05. The van der Waals surface area contributed by atoms with Crippen molar-refractivity contribution in [1.82, 2.24) is 0 Å². The van der Waals surface area contributed by atoms with Crippen molar-refractivity contribution in [1.29, 1.82) is 0 Å². The summed E-state index contributed by atoms with van der Waals surface area (Å²) in [5, 5.41) is 9.47. The second kappa shape index (κ2) is 5.46. The number of aliphatic hydroxyl groups excluding tert-OH is 1. The summed E-state index contributed by atoms with van der Waals surface area (Å²) in [5.74, 6) is 0. The minimum atomic E-state index is -0.763. The molecule has 1 N–H and O–H groups in total. The number of methoxy groups -OCH3 is 1. The standard InChI is InChI=1S/C8H10O5S/c1-11-8(10)13-7-3-2-6(14-7)12-5-4-9/h2-3,9H,4-5H2,1H3. The quantitative estimate of drug-likeness (QED) is 0.771. The largest absolute Gasteiger partial charge is 0.514 e. The van der Waals surface area contributed by atoms with Crippen molar-refractivity contribution >= 4 is 17.5 Å². The molecular formula is C8H10O5S. The van der Waals surface area contributed by atoms with E-state index in [0.29, 0.717) is 10.1 Å². The van der Waals surface area contributed by atoms with Gasteiger partial charge in [-0.15, -0.1) is 0 Å². The van der Waals surface area contributed by atoms with Gasteiger partial charge in [-0.2, -0.15) is 0 Å². The lowest BCUT2D eigenvalue weighted by atomic mass is 10.6. The monoisotopic (exact) mass is 218 g/mol. The molecule has 78 valence electrons. The number of ether oxygens (including phenoxy) is 3. The summed E-state index contributed by atoms with van der Waals surface area (Å²) < 4.78 is 14.1. The van der Waals surface area contributed by atoms with E-state index in [4.69, 9.17) is 14.6 Å². The van der Waals surface area contributed by atoms with Crippen LogP contribution in [0.25, 0.3) is 0 Å². The number of hydrogen-bond acceptors (Lipinski definition) is 6. The highest BCUT2D eigenvalue weighted by Crippen LogP contribution is 2.30. The van der Waals surface area contributed by atoms with E-state index in [1.807, 2.05) is 0 Å². The molecule has 5 nitrogen and oxygen atoms in total. The number of carbonyl (C=O) groups excluding carboxylic acids is 1. The fourth-order valence-corrected chi connectivity index (χ4v) is 1.43. The Balaban J connectivity index is 2.46. The summed E-state index contributed by atoms with van der Waals surface area (Å²) in [6.07, 6.45) is -0.763. The van der Waals surface area contributed by atoms with Gasteiger partial charge in [-0.05, 0) is 12.1 Å². The predicted octanol–water partition coefficient (Wildman–Crippen LogP) is 1.26. The average molecular weight is 218 g/mol. The first-order chi connectivity index (χ1) is 6.76. The number of thiophene rings is 1. The first-order valence-corrected chi connectivity index (χ1v) is 4.67. The molecule has 6 heteroatoms. The summed E-state index contributed by atoms with van der Waals surface area (Å²) in [5.41, 5.74) is 0. The van der Waals surface area contributed by atoms with Gasteiger partial charge in [0.05, 0.1) is 13.7 Å². The summed E-state index contributed by atoms with van der Waals surface area (Å²) in [6, 6.07) is 3.24. The maximum absolute atomic E-state index is 10.7. The normalized spacial score (nSPS) is 9.57. The highest BCUT2D eigenvalue weighted by Gasteiger charge is 2.07. The van der Waals surface area contributed by atoms with Crippen molar-refractivity contribution in [2.24, 2.45) is 0 Å². The van der Waals surface area contributed by atoms with Gasteiger partial charge in [-0.25, -0.2) is 4.79 Å². The Bertz CT molecular complexity index is 296. The zero-order chi connectivity index (χ0) is 10.4. The van der Waals surface area contributed by atoms with Crippen LogP contribution in [0, 0.1) is 0 Å². The Hall–Kier alpha value is -1.27. The van der Waals surface area contributed by atoms with Crippen LogP contribution >= 0.6 is 11.3 Å². The van der Waals surface area contributed by atoms with Crippen molar-refractivity contribution in [3.8, 4) is 10.1 Å². The van der Waals surface area contributed by atoms with E-state index in [-0.39, 0.29) is 13.2 Å². The van der Waals surface area contributed by atoms with Gasteiger partial charge in [0.25, 0.3) is 0 Å². The van der Waals surface area contributed by atoms with Crippen LogP contribution in [0.2, 0.25) is 0 Å². The molecule has 0 atom stereocenters. The summed E-state index contributed by atoms with van der Waals surface area (Å²) >= 11 is 1.16. The minimum absolute atomic E-state index is 0.0505. The Labute approximate surface area is 84.8 Å². The Kier molecular flexibility index (Phi) is 4.21. The smallest absolute Gasteiger partial charge is 0.482 e. The Morgan fingerprint density at radius 2 is 2.21 bits per heavy atom. The molecular weight excluding hydrogens is 208 g/mol. The fourth-order valence-electron chi connectivity index (χ4n) is 0.706. The summed E-state index contributed by atoms with van der Waals surface area (Å²) in [6.45, 7) is 0.170. The maximum Gasteiger partial charge on any atom is 0.514 e. The number of hydrogen-bond donors (Lipinski definition) is 1. The van der Waals surface area contributed by atoms with Crippen molar-refractivity contribution < 1.29 is 24.1 Å². The van der Waals surface area contributed by atoms with Crippen LogP contribution in [-0.2, 0) is 4.74 Å². The van der Waals surface area contributed by atoms with Crippen molar-refractivity contribution in [3.63, 3.8) is 0 Å². The van der Waals surface area contributed by atoms with Crippen LogP contribution in [-0.4, -0.2) is 31.6 Å². The molecule has 0 radical (unpaired) electrons. The molecule has 0 saturated carbocycles. The molecule has 0 aromatic carbocycles. The van der Waals surface area contributed by atoms with E-state index in [0.717, 1.165) is 11.3 Å². The van der Waals surface area contributed by atoms with Crippen LogP contribution in [0.5, 0.6) is 10.1 Å². The average Bonchev–Trinajstić information content (AvgIpc) is 2.62. The molecule has 0 bridgehead atoms. The number of rotatable bonds is 4. The minimum Gasteiger partial charge on any atom is -0.482 e.